The van der Waals surface area contributed by atoms with Crippen molar-refractivity contribution in [2.45, 2.75) is 111 Å². The summed E-state index contributed by atoms with van der Waals surface area (Å²) in [4.78, 5) is 63.1. The first-order valence-electron chi connectivity index (χ1n) is 22.7. The van der Waals surface area contributed by atoms with Crippen molar-refractivity contribution in [1.29, 1.82) is 0 Å². The van der Waals surface area contributed by atoms with Crippen LogP contribution in [0.4, 0.5) is 46.5 Å². The van der Waals surface area contributed by atoms with Crippen LogP contribution in [0.3, 0.4) is 0 Å². The highest BCUT2D eigenvalue weighted by Gasteiger charge is 2.47. The number of anilines is 8. The standard InChI is InChI=1S/C25H35N7O.C22H31N7O/c1-7-19(8-2)32-17(3)25(5,6)21-16-27-24(29-23(21)32)28-22-10-9-20(15-26-22)31-13-11-30(12-14-31)18(4)33;1-5-15(6-2)29-19-17(22(3,4)20(29)30)14-25-21(27-19)26-18-8-7-16(13-24-18)28-11-9-23-10-12-28/h9-10,15-16,19H,3,7-8,11-14H2,1-2,4-6H3,(H,26,27,28,29);7-8,13-15,23H,5-6,9-12H2,1-4H3,(H,24,25,26,27). The van der Waals surface area contributed by atoms with Gasteiger partial charge in [-0.15, -0.1) is 0 Å². The van der Waals surface area contributed by atoms with Crippen LogP contribution >= 0.6 is 0 Å². The lowest BCUT2D eigenvalue weighted by molar-refractivity contribution is -0.129. The molecule has 8 rings (SSSR count). The molecule has 63 heavy (non-hydrogen) atoms. The monoisotopic (exact) mass is 859 g/mol. The van der Waals surface area contributed by atoms with Crippen molar-refractivity contribution in [2.24, 2.45) is 0 Å². The fourth-order valence-corrected chi connectivity index (χ4v) is 8.98. The Morgan fingerprint density at radius 2 is 1.13 bits per heavy atom. The Balaban J connectivity index is 0.000000190. The Morgan fingerprint density at radius 1 is 0.667 bits per heavy atom. The molecule has 336 valence electrons. The highest BCUT2D eigenvalue weighted by Crippen LogP contribution is 2.48. The van der Waals surface area contributed by atoms with Crippen molar-refractivity contribution in [3.05, 3.63) is 72.5 Å². The molecular weight excluding hydrogens is 793 g/mol. The highest BCUT2D eigenvalue weighted by molar-refractivity contribution is 6.07. The maximum atomic E-state index is 13.1. The van der Waals surface area contributed by atoms with Crippen LogP contribution in [-0.2, 0) is 20.4 Å². The molecule has 4 aromatic rings. The molecule has 4 aliphatic heterocycles. The third-order valence-corrected chi connectivity index (χ3v) is 13.3. The van der Waals surface area contributed by atoms with E-state index in [2.05, 4.69) is 105 Å². The average molecular weight is 859 g/mol. The zero-order valence-corrected chi connectivity index (χ0v) is 38.7. The second-order valence-corrected chi connectivity index (χ2v) is 17.8. The number of piperazine rings is 2. The quantitative estimate of drug-likeness (QED) is 0.135. The number of amides is 2. The summed E-state index contributed by atoms with van der Waals surface area (Å²) in [7, 11) is 0. The fraction of sp³-hybridized carbons (Fsp3) is 0.532. The van der Waals surface area contributed by atoms with E-state index in [-0.39, 0.29) is 23.3 Å². The Kier molecular flexibility index (Phi) is 13.5. The number of carbonyl (C=O) groups excluding carboxylic acids is 2. The number of hydrogen-bond acceptors (Lipinski definition) is 14. The van der Waals surface area contributed by atoms with Gasteiger partial charge in [0.2, 0.25) is 23.7 Å². The number of rotatable bonds is 12. The van der Waals surface area contributed by atoms with E-state index in [0.29, 0.717) is 35.4 Å². The first kappa shape index (κ1) is 45.1. The average Bonchev–Trinajstić information content (AvgIpc) is 3.61. The zero-order valence-electron chi connectivity index (χ0n) is 38.7. The van der Waals surface area contributed by atoms with Gasteiger partial charge in [0.05, 0.1) is 29.2 Å². The van der Waals surface area contributed by atoms with E-state index in [4.69, 9.17) is 9.97 Å². The van der Waals surface area contributed by atoms with Gasteiger partial charge in [-0.25, -0.2) is 19.9 Å². The van der Waals surface area contributed by atoms with E-state index in [1.807, 2.05) is 60.4 Å². The summed E-state index contributed by atoms with van der Waals surface area (Å²) >= 11 is 0. The van der Waals surface area contributed by atoms with Gasteiger partial charge >= 0.3 is 0 Å². The van der Waals surface area contributed by atoms with E-state index < -0.39 is 5.41 Å². The molecule has 3 N–H and O–H groups in total. The maximum Gasteiger partial charge on any atom is 0.238 e. The summed E-state index contributed by atoms with van der Waals surface area (Å²) in [6.45, 7) is 30.0. The van der Waals surface area contributed by atoms with Crippen LogP contribution in [0.25, 0.3) is 0 Å². The molecule has 0 atom stereocenters. The molecule has 0 radical (unpaired) electrons. The molecular formula is C47H66N14O2. The third-order valence-electron chi connectivity index (χ3n) is 13.3. The maximum absolute atomic E-state index is 13.1. The number of allylic oxidation sites excluding steroid dienone is 1. The summed E-state index contributed by atoms with van der Waals surface area (Å²) < 4.78 is 0. The van der Waals surface area contributed by atoms with Crippen molar-refractivity contribution >= 4 is 58.4 Å². The summed E-state index contributed by atoms with van der Waals surface area (Å²) in [6.07, 6.45) is 11.3. The lowest BCUT2D eigenvalue weighted by Gasteiger charge is -2.35. The second-order valence-electron chi connectivity index (χ2n) is 17.8. The number of pyridine rings is 2. The Bertz CT molecular complexity index is 2240. The molecule has 0 saturated carbocycles. The topological polar surface area (TPSA) is 164 Å². The highest BCUT2D eigenvalue weighted by atomic mass is 16.2. The number of hydrogen-bond donors (Lipinski definition) is 3. The largest absolute Gasteiger partial charge is 0.368 e. The van der Waals surface area contributed by atoms with Gasteiger partial charge in [0.1, 0.15) is 23.3 Å². The first-order chi connectivity index (χ1) is 30.2. The SMILES string of the molecule is C=C1N(C(CC)CC)c2nc(Nc3ccc(N4CCN(C(C)=O)CC4)cn3)ncc2C1(C)C.CCC(CC)N1C(=O)C(C)(C)c2cnc(Nc3ccc(N4CCNCC4)cn3)nc21. The van der Waals surface area contributed by atoms with Crippen LogP contribution in [0.1, 0.15) is 99.1 Å². The molecule has 2 fully saturated rings. The molecule has 4 aliphatic rings. The molecule has 0 aromatic carbocycles. The van der Waals surface area contributed by atoms with Crippen molar-refractivity contribution in [3.8, 4) is 0 Å². The summed E-state index contributed by atoms with van der Waals surface area (Å²) in [6, 6.07) is 8.51. The van der Waals surface area contributed by atoms with Gasteiger partial charge in [0.15, 0.2) is 0 Å². The number of aromatic nitrogens is 6. The third kappa shape index (κ3) is 9.13. The molecule has 0 spiro atoms. The minimum Gasteiger partial charge on any atom is -0.368 e. The minimum absolute atomic E-state index is 0.0937. The number of nitrogens with zero attached hydrogens (tertiary/aromatic N) is 11. The van der Waals surface area contributed by atoms with Crippen LogP contribution < -0.4 is 35.6 Å². The number of nitrogens with one attached hydrogen (secondary N) is 3. The first-order valence-corrected chi connectivity index (χ1v) is 22.7. The van der Waals surface area contributed by atoms with Crippen LogP contribution in [0, 0.1) is 0 Å². The molecule has 0 aliphatic carbocycles. The number of carbonyl (C=O) groups is 2. The Labute approximate surface area is 373 Å². The summed E-state index contributed by atoms with van der Waals surface area (Å²) in [5.41, 5.74) is 4.43. The molecule has 2 saturated heterocycles. The van der Waals surface area contributed by atoms with Crippen LogP contribution in [0.2, 0.25) is 0 Å². The molecule has 0 unspecified atom stereocenters. The van der Waals surface area contributed by atoms with Crippen molar-refractivity contribution < 1.29 is 9.59 Å². The second kappa shape index (κ2) is 18.8. The number of fused-ring (bicyclic) bond motifs is 2. The molecule has 8 heterocycles. The zero-order chi connectivity index (χ0) is 45.1. The van der Waals surface area contributed by atoms with Gasteiger partial charge in [0, 0.05) is 106 Å². The van der Waals surface area contributed by atoms with E-state index in [1.54, 1.807) is 13.1 Å². The fourth-order valence-electron chi connectivity index (χ4n) is 8.98. The molecule has 4 aromatic heterocycles. The van der Waals surface area contributed by atoms with E-state index in [1.165, 1.54) is 0 Å². The van der Waals surface area contributed by atoms with Gasteiger partial charge in [-0.3, -0.25) is 14.5 Å². The summed E-state index contributed by atoms with van der Waals surface area (Å²) in [5.74, 6) is 4.26. The molecule has 2 amide bonds. The van der Waals surface area contributed by atoms with Crippen molar-refractivity contribution in [2.75, 3.05) is 82.6 Å². The molecule has 16 heteroatoms. The van der Waals surface area contributed by atoms with E-state index in [9.17, 15) is 9.59 Å². The van der Waals surface area contributed by atoms with Crippen LogP contribution in [0.5, 0.6) is 0 Å². The van der Waals surface area contributed by atoms with Gasteiger partial charge < -0.3 is 35.6 Å². The summed E-state index contributed by atoms with van der Waals surface area (Å²) in [5, 5.41) is 9.82. The lowest BCUT2D eigenvalue weighted by Crippen LogP contribution is -2.48. The van der Waals surface area contributed by atoms with Gasteiger partial charge in [0.25, 0.3) is 0 Å². The van der Waals surface area contributed by atoms with Crippen LogP contribution in [0.15, 0.2) is 61.3 Å². The smallest absolute Gasteiger partial charge is 0.238 e. The van der Waals surface area contributed by atoms with E-state index >= 15 is 0 Å². The van der Waals surface area contributed by atoms with Crippen LogP contribution in [-0.4, -0.2) is 111 Å². The van der Waals surface area contributed by atoms with E-state index in [0.717, 1.165) is 112 Å². The Morgan fingerprint density at radius 3 is 1.59 bits per heavy atom. The van der Waals surface area contributed by atoms with Gasteiger partial charge in [-0.05, 0) is 63.8 Å². The predicted molar refractivity (Wildman–Crippen MR) is 253 cm³/mol. The van der Waals surface area contributed by atoms with Crippen molar-refractivity contribution in [3.63, 3.8) is 0 Å². The minimum atomic E-state index is -0.611. The lowest BCUT2D eigenvalue weighted by atomic mass is 9.86. The van der Waals surface area contributed by atoms with Gasteiger partial charge in [-0.2, -0.15) is 9.97 Å². The van der Waals surface area contributed by atoms with Crippen molar-refractivity contribution in [1.82, 2.24) is 40.1 Å². The molecule has 0 bridgehead atoms. The normalized spacial score (nSPS) is 17.8. The molecule has 16 nitrogen and oxygen atoms in total. The van der Waals surface area contributed by atoms with Gasteiger partial charge in [-0.1, -0.05) is 48.1 Å². The predicted octanol–water partition coefficient (Wildman–Crippen LogP) is 6.92. The Hall–Kier alpha value is -5.90.